The quantitative estimate of drug-likeness (QED) is 0.838. The van der Waals surface area contributed by atoms with Crippen LogP contribution in [0.1, 0.15) is 12.8 Å². The van der Waals surface area contributed by atoms with Gasteiger partial charge >= 0.3 is 5.97 Å². The molecule has 1 unspecified atom stereocenters. The fourth-order valence-corrected chi connectivity index (χ4v) is 5.35. The van der Waals surface area contributed by atoms with Crippen LogP contribution >= 0.6 is 11.8 Å². The lowest BCUT2D eigenvalue weighted by molar-refractivity contribution is -0.144. The maximum atomic E-state index is 12.2. The minimum atomic E-state index is -3.61. The monoisotopic (exact) mass is 343 g/mol. The third-order valence-corrected chi connectivity index (χ3v) is 7.12. The van der Waals surface area contributed by atoms with E-state index in [1.54, 1.807) is 11.8 Å². The summed E-state index contributed by atoms with van der Waals surface area (Å²) in [6.07, 6.45) is 0.567. The van der Waals surface area contributed by atoms with Gasteiger partial charge in [0.1, 0.15) is 11.9 Å². The lowest BCUT2D eigenvalue weighted by Gasteiger charge is -2.33. The molecule has 6 nitrogen and oxygen atoms in total. The minimum absolute atomic E-state index is 0.159. The van der Waals surface area contributed by atoms with Crippen LogP contribution in [0.5, 0.6) is 5.75 Å². The molecule has 0 radical (unpaired) electrons. The van der Waals surface area contributed by atoms with Crippen molar-refractivity contribution in [2.75, 3.05) is 12.3 Å². The van der Waals surface area contributed by atoms with Crippen molar-refractivity contribution in [3.8, 4) is 5.75 Å². The van der Waals surface area contributed by atoms with Crippen molar-refractivity contribution in [2.45, 2.75) is 29.1 Å². The average molecular weight is 343 g/mol. The van der Waals surface area contributed by atoms with E-state index in [9.17, 15) is 13.2 Å². The van der Waals surface area contributed by atoms with Gasteiger partial charge in [-0.1, -0.05) is 12.1 Å². The number of carbonyl (C=O) groups is 1. The van der Waals surface area contributed by atoms with Crippen molar-refractivity contribution in [2.24, 2.45) is 5.92 Å². The van der Waals surface area contributed by atoms with Gasteiger partial charge in [-0.2, -0.15) is 0 Å². The van der Waals surface area contributed by atoms with Crippen molar-refractivity contribution < 1.29 is 23.1 Å². The van der Waals surface area contributed by atoms with E-state index in [0.717, 1.165) is 10.6 Å². The molecule has 0 spiro atoms. The molecule has 1 aromatic carbocycles. The Hall–Kier alpha value is -1.25. The Morgan fingerprint density at radius 1 is 1.36 bits per heavy atom. The van der Waals surface area contributed by atoms with Crippen LogP contribution in [-0.2, 0) is 14.8 Å². The van der Waals surface area contributed by atoms with Crippen molar-refractivity contribution in [3.63, 3.8) is 0 Å². The van der Waals surface area contributed by atoms with Crippen LogP contribution in [0.4, 0.5) is 0 Å². The zero-order chi connectivity index (χ0) is 15.7. The van der Waals surface area contributed by atoms with Gasteiger partial charge in [0, 0.05) is 17.2 Å². The second kappa shape index (κ2) is 6.10. The predicted molar refractivity (Wildman–Crippen MR) is 82.7 cm³/mol. The Morgan fingerprint density at radius 2 is 2.14 bits per heavy atom. The van der Waals surface area contributed by atoms with E-state index in [2.05, 4.69) is 4.72 Å². The number of hydrogen-bond donors (Lipinski definition) is 2. The van der Waals surface area contributed by atoms with Crippen LogP contribution in [-0.4, -0.2) is 43.1 Å². The molecule has 0 saturated heterocycles. The molecule has 120 valence electrons. The summed E-state index contributed by atoms with van der Waals surface area (Å²) in [5, 5.41) is 8.15. The molecule has 2 N–H and O–H groups in total. The summed E-state index contributed by atoms with van der Waals surface area (Å²) in [6, 6.07) is 7.63. The fraction of sp³-hybridized carbons (Fsp3) is 0.500. The number of fused-ring (bicyclic) bond motifs is 1. The highest BCUT2D eigenvalue weighted by atomic mass is 32.2. The Kier molecular flexibility index (Phi) is 4.33. The van der Waals surface area contributed by atoms with E-state index in [1.165, 1.54) is 0 Å². The van der Waals surface area contributed by atoms with E-state index in [4.69, 9.17) is 9.84 Å². The highest BCUT2D eigenvalue weighted by molar-refractivity contribution is 7.99. The van der Waals surface area contributed by atoms with Gasteiger partial charge in [-0.15, -0.1) is 11.8 Å². The number of para-hydroxylation sites is 1. The van der Waals surface area contributed by atoms with Gasteiger partial charge in [0.25, 0.3) is 0 Å². The first-order valence-electron chi connectivity index (χ1n) is 7.07. The lowest BCUT2D eigenvalue weighted by atomic mass is 9.85. The number of sulfonamides is 1. The Morgan fingerprint density at radius 3 is 2.82 bits per heavy atom. The second-order valence-electron chi connectivity index (χ2n) is 5.45. The van der Waals surface area contributed by atoms with Crippen molar-refractivity contribution >= 4 is 27.8 Å². The summed E-state index contributed by atoms with van der Waals surface area (Å²) in [4.78, 5) is 12.0. The van der Waals surface area contributed by atoms with E-state index >= 15 is 0 Å². The van der Waals surface area contributed by atoms with Gasteiger partial charge in [-0.25, -0.2) is 13.1 Å². The van der Waals surface area contributed by atoms with Crippen molar-refractivity contribution in [1.29, 1.82) is 0 Å². The number of aliphatic carboxylic acids is 1. The molecule has 1 aromatic rings. The molecule has 3 atom stereocenters. The smallest absolute Gasteiger partial charge is 0.307 e. The summed E-state index contributed by atoms with van der Waals surface area (Å²) in [7, 11) is -3.61. The fourth-order valence-electron chi connectivity index (χ4n) is 2.60. The number of ether oxygens (including phenoxy) is 1. The zero-order valence-electron chi connectivity index (χ0n) is 11.8. The van der Waals surface area contributed by atoms with Gasteiger partial charge in [0.2, 0.25) is 10.0 Å². The molecule has 2 aliphatic rings. The molecule has 1 aliphatic heterocycles. The van der Waals surface area contributed by atoms with Gasteiger partial charge in [0.15, 0.2) is 0 Å². The van der Waals surface area contributed by atoms with E-state index in [1.807, 2.05) is 24.3 Å². The van der Waals surface area contributed by atoms with Crippen LogP contribution < -0.4 is 9.46 Å². The molecule has 0 aromatic heterocycles. The molecule has 1 saturated carbocycles. The van der Waals surface area contributed by atoms with E-state index < -0.39 is 27.2 Å². The number of hydrogen-bond acceptors (Lipinski definition) is 5. The van der Waals surface area contributed by atoms with Crippen LogP contribution in [0.3, 0.4) is 0 Å². The summed E-state index contributed by atoms with van der Waals surface area (Å²) in [5.74, 6) is -0.415. The molecular weight excluding hydrogens is 326 g/mol. The highest BCUT2D eigenvalue weighted by Crippen LogP contribution is 2.35. The SMILES string of the molecule is O=C(O)[C@@H]1CC[C@@H]1S(=O)(=O)NCC1CSc2ccccc2O1. The van der Waals surface area contributed by atoms with E-state index in [-0.39, 0.29) is 12.6 Å². The van der Waals surface area contributed by atoms with Crippen molar-refractivity contribution in [1.82, 2.24) is 4.72 Å². The molecule has 8 heteroatoms. The molecule has 0 amide bonds. The molecule has 22 heavy (non-hydrogen) atoms. The molecular formula is C14H17NO5S2. The summed E-state index contributed by atoms with van der Waals surface area (Å²) in [5.41, 5.74) is 0. The summed E-state index contributed by atoms with van der Waals surface area (Å²) in [6.45, 7) is 0.159. The first-order chi connectivity index (χ1) is 10.5. The van der Waals surface area contributed by atoms with Crippen LogP contribution in [0.15, 0.2) is 29.2 Å². The molecule has 3 rings (SSSR count). The molecule has 0 bridgehead atoms. The summed E-state index contributed by atoms with van der Waals surface area (Å²) < 4.78 is 32.6. The lowest BCUT2D eigenvalue weighted by Crippen LogP contribution is -2.50. The Balaban J connectivity index is 1.58. The number of nitrogens with one attached hydrogen (secondary N) is 1. The number of carboxylic acids is 1. The van der Waals surface area contributed by atoms with Crippen LogP contribution in [0.2, 0.25) is 0 Å². The van der Waals surface area contributed by atoms with Gasteiger partial charge in [-0.05, 0) is 25.0 Å². The summed E-state index contributed by atoms with van der Waals surface area (Å²) >= 11 is 1.63. The van der Waals surface area contributed by atoms with Crippen molar-refractivity contribution in [3.05, 3.63) is 24.3 Å². The Labute approximate surface area is 133 Å². The van der Waals surface area contributed by atoms with Gasteiger partial charge in [0.05, 0.1) is 11.2 Å². The second-order valence-corrected chi connectivity index (χ2v) is 8.50. The average Bonchev–Trinajstić information content (AvgIpc) is 2.42. The minimum Gasteiger partial charge on any atom is -0.487 e. The van der Waals surface area contributed by atoms with Crippen LogP contribution in [0, 0.1) is 5.92 Å². The highest BCUT2D eigenvalue weighted by Gasteiger charge is 2.45. The standard InChI is InChI=1S/C14H17NO5S2/c16-14(17)10-5-6-13(10)22(18,19)15-7-9-8-21-12-4-2-1-3-11(12)20-9/h1-4,9-10,13,15H,5-8H2,(H,16,17)/t9?,10-,13+/m1/s1. The first kappa shape index (κ1) is 15.6. The number of thioether (sulfide) groups is 1. The van der Waals surface area contributed by atoms with Gasteiger partial charge < -0.3 is 9.84 Å². The molecule has 1 aliphatic carbocycles. The largest absolute Gasteiger partial charge is 0.487 e. The predicted octanol–water partition coefficient (Wildman–Crippen LogP) is 1.32. The molecule has 1 fully saturated rings. The number of carboxylic acid groups (broad SMARTS) is 1. The van der Waals surface area contributed by atoms with Crippen LogP contribution in [0.25, 0.3) is 0 Å². The normalized spacial score (nSPS) is 27.4. The molecule has 1 heterocycles. The zero-order valence-corrected chi connectivity index (χ0v) is 13.4. The van der Waals surface area contributed by atoms with E-state index in [0.29, 0.717) is 18.6 Å². The van der Waals surface area contributed by atoms with Gasteiger partial charge in [-0.3, -0.25) is 4.79 Å². The Bertz CT molecular complexity index is 676. The third kappa shape index (κ3) is 3.09. The third-order valence-electron chi connectivity index (χ3n) is 4.01. The maximum Gasteiger partial charge on any atom is 0.307 e. The first-order valence-corrected chi connectivity index (χ1v) is 9.60. The topological polar surface area (TPSA) is 92.7 Å². The number of rotatable bonds is 5. The maximum absolute atomic E-state index is 12.2. The number of benzene rings is 1.